The average Bonchev–Trinajstić information content (AvgIpc) is 2.59. The topological polar surface area (TPSA) is 21.3 Å². The molecule has 2 nitrogen and oxygen atoms in total. The molecule has 78 valence electrons. The lowest BCUT2D eigenvalue weighted by Crippen LogP contribution is -2.35. The summed E-state index contributed by atoms with van der Waals surface area (Å²) in [6.45, 7) is 7.27. The van der Waals surface area contributed by atoms with Gasteiger partial charge in [-0.25, -0.2) is 0 Å². The second-order valence-corrected chi connectivity index (χ2v) is 3.91. The molecule has 0 heterocycles. The van der Waals surface area contributed by atoms with Crippen LogP contribution in [-0.2, 0) is 4.74 Å². The van der Waals surface area contributed by atoms with E-state index >= 15 is 0 Å². The van der Waals surface area contributed by atoms with E-state index in [4.69, 9.17) is 4.74 Å². The molecule has 0 radical (unpaired) electrons. The SMILES string of the molecule is CCCNC1CCCC1COCC. The van der Waals surface area contributed by atoms with Crippen molar-refractivity contribution in [3.05, 3.63) is 0 Å². The van der Waals surface area contributed by atoms with Gasteiger partial charge in [0.1, 0.15) is 0 Å². The van der Waals surface area contributed by atoms with Gasteiger partial charge in [-0.2, -0.15) is 0 Å². The quantitative estimate of drug-likeness (QED) is 0.685. The molecule has 1 aliphatic rings. The van der Waals surface area contributed by atoms with Gasteiger partial charge in [-0.3, -0.25) is 0 Å². The Morgan fingerprint density at radius 3 is 2.85 bits per heavy atom. The summed E-state index contributed by atoms with van der Waals surface area (Å²) in [7, 11) is 0. The molecule has 0 aromatic carbocycles. The van der Waals surface area contributed by atoms with E-state index in [1.165, 1.54) is 25.7 Å². The van der Waals surface area contributed by atoms with Gasteiger partial charge in [0.05, 0.1) is 6.61 Å². The van der Waals surface area contributed by atoms with Gasteiger partial charge in [0.25, 0.3) is 0 Å². The van der Waals surface area contributed by atoms with Crippen LogP contribution in [0.25, 0.3) is 0 Å². The van der Waals surface area contributed by atoms with E-state index < -0.39 is 0 Å². The van der Waals surface area contributed by atoms with Gasteiger partial charge >= 0.3 is 0 Å². The summed E-state index contributed by atoms with van der Waals surface area (Å²) >= 11 is 0. The third kappa shape index (κ3) is 3.65. The van der Waals surface area contributed by atoms with E-state index in [9.17, 15) is 0 Å². The summed E-state index contributed by atoms with van der Waals surface area (Å²) in [4.78, 5) is 0. The molecule has 1 saturated carbocycles. The van der Waals surface area contributed by atoms with Gasteiger partial charge in [0.2, 0.25) is 0 Å². The van der Waals surface area contributed by atoms with Crippen molar-refractivity contribution >= 4 is 0 Å². The molecular formula is C11H23NO. The fourth-order valence-electron chi connectivity index (χ4n) is 2.10. The number of rotatable bonds is 6. The Morgan fingerprint density at radius 2 is 2.15 bits per heavy atom. The first-order valence-corrected chi connectivity index (χ1v) is 5.69. The zero-order valence-corrected chi connectivity index (χ0v) is 9.01. The van der Waals surface area contributed by atoms with Crippen LogP contribution in [0.15, 0.2) is 0 Å². The molecule has 0 spiro atoms. The Morgan fingerprint density at radius 1 is 1.31 bits per heavy atom. The number of nitrogens with one attached hydrogen (secondary N) is 1. The first-order valence-electron chi connectivity index (χ1n) is 5.69. The number of ether oxygens (including phenoxy) is 1. The predicted octanol–water partition coefficient (Wildman–Crippen LogP) is 2.19. The van der Waals surface area contributed by atoms with Gasteiger partial charge in [0.15, 0.2) is 0 Å². The smallest absolute Gasteiger partial charge is 0.0509 e. The van der Waals surface area contributed by atoms with Crippen molar-refractivity contribution < 1.29 is 4.74 Å². The first kappa shape index (κ1) is 11.0. The molecule has 0 saturated heterocycles. The van der Waals surface area contributed by atoms with E-state index in [0.717, 1.165) is 31.7 Å². The summed E-state index contributed by atoms with van der Waals surface area (Å²) in [6, 6.07) is 0.728. The van der Waals surface area contributed by atoms with Crippen molar-refractivity contribution in [3.63, 3.8) is 0 Å². The molecule has 0 aromatic rings. The minimum absolute atomic E-state index is 0.728. The molecule has 2 heteroatoms. The molecule has 1 fully saturated rings. The highest BCUT2D eigenvalue weighted by atomic mass is 16.5. The van der Waals surface area contributed by atoms with Crippen LogP contribution in [0.4, 0.5) is 0 Å². The maximum atomic E-state index is 5.49. The molecule has 2 atom stereocenters. The van der Waals surface area contributed by atoms with Crippen molar-refractivity contribution in [2.45, 2.75) is 45.6 Å². The summed E-state index contributed by atoms with van der Waals surface area (Å²) in [5, 5.41) is 3.61. The Bertz CT molecular complexity index is 113. The Balaban J connectivity index is 2.18. The molecule has 13 heavy (non-hydrogen) atoms. The second kappa shape index (κ2) is 6.39. The van der Waals surface area contributed by atoms with Gasteiger partial charge < -0.3 is 10.1 Å². The van der Waals surface area contributed by atoms with Crippen molar-refractivity contribution in [1.82, 2.24) is 5.32 Å². The van der Waals surface area contributed by atoms with Crippen LogP contribution in [0.3, 0.4) is 0 Å². The number of hydrogen-bond acceptors (Lipinski definition) is 2. The monoisotopic (exact) mass is 185 g/mol. The first-order chi connectivity index (χ1) is 6.38. The van der Waals surface area contributed by atoms with Gasteiger partial charge in [-0.1, -0.05) is 13.3 Å². The fraction of sp³-hybridized carbons (Fsp3) is 1.00. The van der Waals surface area contributed by atoms with Crippen LogP contribution in [0.1, 0.15) is 39.5 Å². The largest absolute Gasteiger partial charge is 0.381 e. The minimum atomic E-state index is 0.728. The second-order valence-electron chi connectivity index (χ2n) is 3.91. The third-order valence-electron chi connectivity index (χ3n) is 2.85. The maximum Gasteiger partial charge on any atom is 0.0509 e. The fourth-order valence-corrected chi connectivity index (χ4v) is 2.10. The molecule has 2 unspecified atom stereocenters. The molecule has 0 aromatic heterocycles. The van der Waals surface area contributed by atoms with E-state index in [-0.39, 0.29) is 0 Å². The lowest BCUT2D eigenvalue weighted by Gasteiger charge is -2.20. The molecule has 0 amide bonds. The zero-order valence-electron chi connectivity index (χ0n) is 9.01. The standard InChI is InChI=1S/C11H23NO/c1-3-8-12-11-7-5-6-10(11)9-13-4-2/h10-12H,3-9H2,1-2H3. The average molecular weight is 185 g/mol. The molecule has 1 N–H and O–H groups in total. The molecule has 0 aliphatic heterocycles. The summed E-state index contributed by atoms with van der Waals surface area (Å²) in [6.07, 6.45) is 5.30. The molecule has 1 rings (SSSR count). The van der Waals surface area contributed by atoms with Crippen molar-refractivity contribution in [1.29, 1.82) is 0 Å². The minimum Gasteiger partial charge on any atom is -0.381 e. The van der Waals surface area contributed by atoms with Gasteiger partial charge in [0, 0.05) is 12.6 Å². The van der Waals surface area contributed by atoms with Crippen LogP contribution >= 0.6 is 0 Å². The van der Waals surface area contributed by atoms with Crippen molar-refractivity contribution in [3.8, 4) is 0 Å². The van der Waals surface area contributed by atoms with E-state index in [0.29, 0.717) is 0 Å². The lowest BCUT2D eigenvalue weighted by molar-refractivity contribution is 0.102. The van der Waals surface area contributed by atoms with Crippen molar-refractivity contribution in [2.24, 2.45) is 5.92 Å². The van der Waals surface area contributed by atoms with Gasteiger partial charge in [-0.15, -0.1) is 0 Å². The third-order valence-corrected chi connectivity index (χ3v) is 2.85. The Kier molecular flexibility index (Phi) is 5.40. The van der Waals surface area contributed by atoms with Crippen LogP contribution in [-0.4, -0.2) is 25.8 Å². The normalized spacial score (nSPS) is 28.2. The predicted molar refractivity (Wildman–Crippen MR) is 55.9 cm³/mol. The Labute approximate surface area is 82.0 Å². The molecule has 0 bridgehead atoms. The highest BCUT2D eigenvalue weighted by Crippen LogP contribution is 2.25. The van der Waals surface area contributed by atoms with Crippen LogP contribution in [0, 0.1) is 5.92 Å². The van der Waals surface area contributed by atoms with Crippen LogP contribution in [0.5, 0.6) is 0 Å². The maximum absolute atomic E-state index is 5.49. The number of hydrogen-bond donors (Lipinski definition) is 1. The van der Waals surface area contributed by atoms with Crippen LogP contribution in [0.2, 0.25) is 0 Å². The van der Waals surface area contributed by atoms with Crippen molar-refractivity contribution in [2.75, 3.05) is 19.8 Å². The summed E-state index contributed by atoms with van der Waals surface area (Å²) < 4.78 is 5.49. The van der Waals surface area contributed by atoms with Crippen LogP contribution < -0.4 is 5.32 Å². The highest BCUT2D eigenvalue weighted by molar-refractivity contribution is 4.82. The van der Waals surface area contributed by atoms with E-state index in [2.05, 4.69) is 19.2 Å². The van der Waals surface area contributed by atoms with E-state index in [1.807, 2.05) is 0 Å². The van der Waals surface area contributed by atoms with Gasteiger partial charge in [-0.05, 0) is 38.6 Å². The van der Waals surface area contributed by atoms with E-state index in [1.54, 1.807) is 0 Å². The summed E-state index contributed by atoms with van der Waals surface area (Å²) in [5.74, 6) is 0.770. The molecule has 1 aliphatic carbocycles. The lowest BCUT2D eigenvalue weighted by atomic mass is 10.1. The Hall–Kier alpha value is -0.0800. The zero-order chi connectivity index (χ0) is 9.52. The summed E-state index contributed by atoms with van der Waals surface area (Å²) in [5.41, 5.74) is 0. The highest BCUT2D eigenvalue weighted by Gasteiger charge is 2.26. The molecular weight excluding hydrogens is 162 g/mol.